The van der Waals surface area contributed by atoms with Gasteiger partial charge in [-0.15, -0.1) is 0 Å². The van der Waals surface area contributed by atoms with Gasteiger partial charge in [0.1, 0.15) is 0 Å². The molecule has 2 aromatic heterocycles. The van der Waals surface area contributed by atoms with Gasteiger partial charge in [-0.1, -0.05) is 129 Å². The Morgan fingerprint density at radius 2 is 1.15 bits per heavy atom. The first-order valence-corrected chi connectivity index (χ1v) is 16.1. The zero-order valence-electron chi connectivity index (χ0n) is 26.3. The number of hydrogen-bond acceptors (Lipinski definition) is 3. The van der Waals surface area contributed by atoms with Crippen molar-refractivity contribution in [2.45, 2.75) is 19.3 Å². The molecule has 0 atom stereocenters. The molecule has 0 radical (unpaired) electrons. The number of pyridine rings is 1. The summed E-state index contributed by atoms with van der Waals surface area (Å²) >= 11 is 0. The van der Waals surface area contributed by atoms with E-state index in [4.69, 9.17) is 9.97 Å². The maximum Gasteiger partial charge on any atom is 0.160 e. The number of aromatic nitrogens is 3. The highest BCUT2D eigenvalue weighted by molar-refractivity contribution is 6.07. The highest BCUT2D eigenvalue weighted by Crippen LogP contribution is 2.52. The minimum Gasteiger partial charge on any atom is -0.264 e. The van der Waals surface area contributed by atoms with E-state index < -0.39 is 0 Å². The van der Waals surface area contributed by atoms with Crippen LogP contribution in [-0.2, 0) is 5.41 Å². The fraction of sp³-hybridized carbons (Fsp3) is 0.0682. The van der Waals surface area contributed by atoms with Gasteiger partial charge in [0.05, 0.1) is 11.4 Å². The fourth-order valence-electron chi connectivity index (χ4n) is 7.43. The van der Waals surface area contributed by atoms with Gasteiger partial charge in [0.25, 0.3) is 0 Å². The van der Waals surface area contributed by atoms with E-state index in [2.05, 4.69) is 128 Å². The van der Waals surface area contributed by atoms with Gasteiger partial charge >= 0.3 is 0 Å². The van der Waals surface area contributed by atoms with E-state index in [1.807, 2.05) is 36.5 Å². The van der Waals surface area contributed by atoms with Gasteiger partial charge < -0.3 is 0 Å². The van der Waals surface area contributed by atoms with Crippen LogP contribution in [0.25, 0.3) is 77.7 Å². The van der Waals surface area contributed by atoms with Crippen LogP contribution in [0.3, 0.4) is 0 Å². The molecule has 0 bridgehead atoms. The molecular formula is C44H31N3. The molecule has 0 aliphatic heterocycles. The molecule has 222 valence electrons. The highest BCUT2D eigenvalue weighted by Gasteiger charge is 2.36. The first kappa shape index (κ1) is 27.4. The zero-order valence-corrected chi connectivity index (χ0v) is 26.3. The molecule has 3 heteroatoms. The Balaban J connectivity index is 1.23. The Kier molecular flexibility index (Phi) is 6.16. The third-order valence-electron chi connectivity index (χ3n) is 9.79. The summed E-state index contributed by atoms with van der Waals surface area (Å²) in [5, 5.41) is 4.95. The lowest BCUT2D eigenvalue weighted by Gasteiger charge is -2.22. The van der Waals surface area contributed by atoms with E-state index in [1.54, 1.807) is 6.20 Å². The molecule has 0 fully saturated rings. The summed E-state index contributed by atoms with van der Waals surface area (Å²) < 4.78 is 0. The zero-order chi connectivity index (χ0) is 31.5. The summed E-state index contributed by atoms with van der Waals surface area (Å²) in [5.41, 5.74) is 12.6. The van der Waals surface area contributed by atoms with Gasteiger partial charge in [0, 0.05) is 34.5 Å². The van der Waals surface area contributed by atoms with Gasteiger partial charge in [-0.05, 0) is 79.2 Å². The normalized spacial score (nSPS) is 13.1. The molecule has 3 nitrogen and oxygen atoms in total. The van der Waals surface area contributed by atoms with Crippen LogP contribution >= 0.6 is 0 Å². The lowest BCUT2D eigenvalue weighted by molar-refractivity contribution is 0.661. The summed E-state index contributed by atoms with van der Waals surface area (Å²) in [5.74, 6) is 0.697. The summed E-state index contributed by atoms with van der Waals surface area (Å²) in [7, 11) is 0. The molecule has 47 heavy (non-hydrogen) atoms. The number of hydrogen-bond donors (Lipinski definition) is 0. The van der Waals surface area contributed by atoms with E-state index in [0.29, 0.717) is 5.82 Å². The summed E-state index contributed by atoms with van der Waals surface area (Å²) in [6.07, 6.45) is 3.65. The third-order valence-corrected chi connectivity index (χ3v) is 9.79. The topological polar surface area (TPSA) is 38.7 Å². The molecule has 8 aromatic rings. The van der Waals surface area contributed by atoms with Crippen LogP contribution < -0.4 is 0 Å². The number of rotatable bonds is 4. The third kappa shape index (κ3) is 4.39. The molecule has 0 unspecified atom stereocenters. The Labute approximate surface area is 274 Å². The molecule has 2 heterocycles. The Morgan fingerprint density at radius 3 is 1.96 bits per heavy atom. The predicted molar refractivity (Wildman–Crippen MR) is 194 cm³/mol. The van der Waals surface area contributed by atoms with Gasteiger partial charge in [0.2, 0.25) is 0 Å². The molecule has 0 saturated carbocycles. The highest BCUT2D eigenvalue weighted by atomic mass is 14.9. The average Bonchev–Trinajstić information content (AvgIpc) is 3.37. The minimum absolute atomic E-state index is 0.0609. The molecule has 9 rings (SSSR count). The summed E-state index contributed by atoms with van der Waals surface area (Å²) in [6, 6.07) is 49.9. The van der Waals surface area contributed by atoms with Gasteiger partial charge in [-0.25, -0.2) is 9.97 Å². The van der Waals surface area contributed by atoms with Crippen molar-refractivity contribution in [2.24, 2.45) is 0 Å². The first-order chi connectivity index (χ1) is 23.1. The molecule has 0 amide bonds. The standard InChI is InChI=1S/C44H31N3/c1-44(2)38-22-19-30(25-37(38)42-33-15-7-6-11-28(33)18-23-39(42)44)32-20-21-36(35-17-9-8-16-34(32)35)41-26-40(31-14-10-24-45-27-31)46-43(47-41)29-12-4-3-5-13-29/h3-27H,1-2H3. The largest absolute Gasteiger partial charge is 0.264 e. The van der Waals surface area contributed by atoms with Gasteiger partial charge in [-0.2, -0.15) is 0 Å². The van der Waals surface area contributed by atoms with Crippen molar-refractivity contribution in [3.8, 4) is 56.2 Å². The smallest absolute Gasteiger partial charge is 0.160 e. The summed E-state index contributed by atoms with van der Waals surface area (Å²) in [6.45, 7) is 4.70. The predicted octanol–water partition coefficient (Wildman–Crippen LogP) is 11.2. The molecule has 0 spiro atoms. The van der Waals surface area contributed by atoms with Crippen molar-refractivity contribution in [3.05, 3.63) is 163 Å². The van der Waals surface area contributed by atoms with E-state index in [9.17, 15) is 0 Å². The van der Waals surface area contributed by atoms with Crippen LogP contribution in [0.4, 0.5) is 0 Å². The Hall–Kier alpha value is -5.93. The maximum atomic E-state index is 5.14. The second-order valence-corrected chi connectivity index (χ2v) is 12.9. The lowest BCUT2D eigenvalue weighted by Crippen LogP contribution is -2.14. The van der Waals surface area contributed by atoms with Crippen LogP contribution in [0.2, 0.25) is 0 Å². The molecule has 0 saturated heterocycles. The van der Waals surface area contributed by atoms with Crippen LogP contribution in [0.1, 0.15) is 25.0 Å². The van der Waals surface area contributed by atoms with E-state index in [0.717, 1.165) is 33.5 Å². The van der Waals surface area contributed by atoms with E-state index in [-0.39, 0.29) is 5.41 Å². The quantitative estimate of drug-likeness (QED) is 0.201. The van der Waals surface area contributed by atoms with Gasteiger partial charge in [-0.3, -0.25) is 4.98 Å². The van der Waals surface area contributed by atoms with Crippen molar-refractivity contribution >= 4 is 21.5 Å². The molecule has 0 N–H and O–H groups in total. The minimum atomic E-state index is -0.0609. The molecule has 1 aliphatic rings. The van der Waals surface area contributed by atoms with Crippen LogP contribution in [-0.4, -0.2) is 15.0 Å². The average molecular weight is 602 g/mol. The Bertz CT molecular complexity index is 2420. The Morgan fingerprint density at radius 1 is 0.468 bits per heavy atom. The molecule has 6 aromatic carbocycles. The monoisotopic (exact) mass is 601 g/mol. The number of nitrogens with zero attached hydrogens (tertiary/aromatic N) is 3. The maximum absolute atomic E-state index is 5.14. The number of fused-ring (bicyclic) bond motifs is 6. The van der Waals surface area contributed by atoms with Crippen molar-refractivity contribution in [2.75, 3.05) is 0 Å². The molecular weight excluding hydrogens is 571 g/mol. The summed E-state index contributed by atoms with van der Waals surface area (Å²) in [4.78, 5) is 14.5. The second-order valence-electron chi connectivity index (χ2n) is 12.9. The van der Waals surface area contributed by atoms with Crippen LogP contribution in [0.15, 0.2) is 152 Å². The fourth-order valence-corrected chi connectivity index (χ4v) is 7.43. The van der Waals surface area contributed by atoms with Gasteiger partial charge in [0.15, 0.2) is 5.82 Å². The van der Waals surface area contributed by atoms with Crippen molar-refractivity contribution < 1.29 is 0 Å². The second kappa shape index (κ2) is 10.6. The lowest BCUT2D eigenvalue weighted by atomic mass is 9.81. The van der Waals surface area contributed by atoms with Crippen molar-refractivity contribution in [3.63, 3.8) is 0 Å². The van der Waals surface area contributed by atoms with E-state index in [1.165, 1.54) is 49.5 Å². The van der Waals surface area contributed by atoms with Crippen molar-refractivity contribution in [1.29, 1.82) is 0 Å². The number of benzene rings is 6. The SMILES string of the molecule is CC1(C)c2ccc(-c3ccc(-c4cc(-c5cccnc5)nc(-c5ccccc5)n4)c4ccccc34)cc2-c2c1ccc1ccccc21. The first-order valence-electron chi connectivity index (χ1n) is 16.1. The van der Waals surface area contributed by atoms with Crippen LogP contribution in [0.5, 0.6) is 0 Å². The van der Waals surface area contributed by atoms with Crippen LogP contribution in [0, 0.1) is 0 Å². The molecule has 1 aliphatic carbocycles. The van der Waals surface area contributed by atoms with E-state index >= 15 is 0 Å². The van der Waals surface area contributed by atoms with Crippen molar-refractivity contribution in [1.82, 2.24) is 15.0 Å².